The highest BCUT2D eigenvalue weighted by Crippen LogP contribution is 2.29. The van der Waals surface area contributed by atoms with E-state index in [0.717, 1.165) is 16.7 Å². The number of benzene rings is 1. The Morgan fingerprint density at radius 1 is 1.19 bits per heavy atom. The van der Waals surface area contributed by atoms with Gasteiger partial charge in [-0.25, -0.2) is 0 Å². The predicted octanol–water partition coefficient (Wildman–Crippen LogP) is 2.33. The lowest BCUT2D eigenvalue weighted by molar-refractivity contribution is 0.100. The number of nitrogens with two attached hydrogens (primary N) is 1. The van der Waals surface area contributed by atoms with Crippen LogP contribution in [0.25, 0.3) is 10.4 Å². The lowest BCUT2D eigenvalue weighted by Crippen LogP contribution is -2.10. The first-order chi connectivity index (χ1) is 7.72. The first kappa shape index (κ1) is 10.6. The Labute approximate surface area is 96.5 Å². The van der Waals surface area contributed by atoms with Crippen molar-refractivity contribution >= 4 is 23.5 Å². The zero-order chi connectivity index (χ0) is 11.5. The molecule has 3 nitrogen and oxygen atoms in total. The van der Waals surface area contributed by atoms with Crippen LogP contribution in [-0.2, 0) is 0 Å². The molecule has 0 fully saturated rings. The van der Waals surface area contributed by atoms with Crippen LogP contribution in [0, 0.1) is 0 Å². The van der Waals surface area contributed by atoms with Crippen LogP contribution in [-0.4, -0.2) is 12.2 Å². The lowest BCUT2D eigenvalue weighted by Gasteiger charge is -2.00. The number of carbonyl (C=O) groups is 2. The van der Waals surface area contributed by atoms with E-state index in [1.54, 1.807) is 18.2 Å². The van der Waals surface area contributed by atoms with Crippen LogP contribution >= 0.6 is 11.3 Å². The summed E-state index contributed by atoms with van der Waals surface area (Å²) in [5.74, 6) is -0.435. The third-order valence-electron chi connectivity index (χ3n) is 2.24. The van der Waals surface area contributed by atoms with E-state index >= 15 is 0 Å². The van der Waals surface area contributed by atoms with Gasteiger partial charge in [-0.1, -0.05) is 24.3 Å². The van der Waals surface area contributed by atoms with Gasteiger partial charge in [0.15, 0.2) is 0 Å². The number of hydrogen-bond acceptors (Lipinski definition) is 3. The summed E-state index contributed by atoms with van der Waals surface area (Å²) in [5, 5.41) is 1.82. The highest BCUT2D eigenvalue weighted by molar-refractivity contribution is 7.14. The quantitative estimate of drug-likeness (QED) is 0.824. The molecule has 1 amide bonds. The summed E-state index contributed by atoms with van der Waals surface area (Å²) in [6, 6.07) is 8.75. The largest absolute Gasteiger partial charge is 0.366 e. The van der Waals surface area contributed by atoms with Crippen molar-refractivity contribution in [3.8, 4) is 10.4 Å². The SMILES string of the molecule is NC(=O)c1ccsc1-c1ccc(C=O)cc1. The maximum atomic E-state index is 11.2. The van der Waals surface area contributed by atoms with Crippen LogP contribution in [0.4, 0.5) is 0 Å². The standard InChI is InChI=1S/C12H9NO2S/c13-12(15)10-5-6-16-11(10)9-3-1-8(7-14)2-4-9/h1-7H,(H2,13,15). The van der Waals surface area contributed by atoms with Gasteiger partial charge < -0.3 is 5.73 Å². The second-order valence-electron chi connectivity index (χ2n) is 3.27. The second kappa shape index (κ2) is 4.28. The average molecular weight is 231 g/mol. The summed E-state index contributed by atoms with van der Waals surface area (Å²) in [7, 11) is 0. The van der Waals surface area contributed by atoms with Crippen molar-refractivity contribution in [1.82, 2.24) is 0 Å². The number of rotatable bonds is 3. The van der Waals surface area contributed by atoms with Crippen molar-refractivity contribution in [1.29, 1.82) is 0 Å². The van der Waals surface area contributed by atoms with Crippen molar-refractivity contribution in [2.24, 2.45) is 5.73 Å². The van der Waals surface area contributed by atoms with Gasteiger partial charge in [-0.2, -0.15) is 0 Å². The number of hydrogen-bond donors (Lipinski definition) is 1. The Balaban J connectivity index is 2.46. The van der Waals surface area contributed by atoms with Crippen LogP contribution in [0.15, 0.2) is 35.7 Å². The molecule has 4 heteroatoms. The molecule has 0 saturated carbocycles. The molecular formula is C12H9NO2S. The summed E-state index contributed by atoms with van der Waals surface area (Å²) in [5.41, 5.74) is 7.29. The first-order valence-corrected chi connectivity index (χ1v) is 5.53. The van der Waals surface area contributed by atoms with Crippen LogP contribution in [0.2, 0.25) is 0 Å². The topological polar surface area (TPSA) is 60.2 Å². The Hall–Kier alpha value is -1.94. The van der Waals surface area contributed by atoms with E-state index in [0.29, 0.717) is 11.1 Å². The minimum Gasteiger partial charge on any atom is -0.366 e. The van der Waals surface area contributed by atoms with Gasteiger partial charge in [-0.15, -0.1) is 11.3 Å². The van der Waals surface area contributed by atoms with Crippen LogP contribution in [0.1, 0.15) is 20.7 Å². The predicted molar refractivity (Wildman–Crippen MR) is 63.7 cm³/mol. The number of amides is 1. The zero-order valence-electron chi connectivity index (χ0n) is 8.34. The Kier molecular flexibility index (Phi) is 2.83. The fraction of sp³-hybridized carbons (Fsp3) is 0. The molecule has 0 spiro atoms. The van der Waals surface area contributed by atoms with E-state index in [4.69, 9.17) is 5.73 Å². The van der Waals surface area contributed by atoms with Crippen molar-refractivity contribution in [3.05, 3.63) is 46.8 Å². The van der Waals surface area contributed by atoms with Crippen molar-refractivity contribution < 1.29 is 9.59 Å². The molecule has 16 heavy (non-hydrogen) atoms. The molecule has 0 aliphatic carbocycles. The van der Waals surface area contributed by atoms with E-state index in [9.17, 15) is 9.59 Å². The van der Waals surface area contributed by atoms with Gasteiger partial charge >= 0.3 is 0 Å². The van der Waals surface area contributed by atoms with Gasteiger partial charge in [0, 0.05) is 10.4 Å². The highest BCUT2D eigenvalue weighted by atomic mass is 32.1. The van der Waals surface area contributed by atoms with E-state index in [2.05, 4.69) is 0 Å². The van der Waals surface area contributed by atoms with Gasteiger partial charge in [0.2, 0.25) is 5.91 Å². The Bertz CT molecular complexity index is 528. The van der Waals surface area contributed by atoms with E-state index in [1.165, 1.54) is 11.3 Å². The fourth-order valence-corrected chi connectivity index (χ4v) is 2.35. The van der Waals surface area contributed by atoms with Crippen LogP contribution in [0.5, 0.6) is 0 Å². The molecule has 0 saturated heterocycles. The number of aldehydes is 1. The highest BCUT2D eigenvalue weighted by Gasteiger charge is 2.10. The molecule has 1 aromatic heterocycles. The summed E-state index contributed by atoms with van der Waals surface area (Å²) in [6.45, 7) is 0. The van der Waals surface area contributed by atoms with E-state index in [-0.39, 0.29) is 0 Å². The van der Waals surface area contributed by atoms with E-state index in [1.807, 2.05) is 17.5 Å². The maximum absolute atomic E-state index is 11.2. The molecule has 2 rings (SSSR count). The minimum absolute atomic E-state index is 0.435. The van der Waals surface area contributed by atoms with Gasteiger partial charge in [-0.3, -0.25) is 9.59 Å². The Morgan fingerprint density at radius 2 is 1.88 bits per heavy atom. The monoisotopic (exact) mass is 231 g/mol. The normalized spacial score (nSPS) is 10.0. The smallest absolute Gasteiger partial charge is 0.250 e. The lowest BCUT2D eigenvalue weighted by atomic mass is 10.1. The van der Waals surface area contributed by atoms with Gasteiger partial charge in [0.25, 0.3) is 0 Å². The number of carbonyl (C=O) groups excluding carboxylic acids is 2. The molecule has 0 aliphatic rings. The maximum Gasteiger partial charge on any atom is 0.250 e. The van der Waals surface area contributed by atoms with Crippen molar-refractivity contribution in [2.75, 3.05) is 0 Å². The minimum atomic E-state index is -0.435. The molecule has 1 aromatic carbocycles. The first-order valence-electron chi connectivity index (χ1n) is 4.65. The van der Waals surface area contributed by atoms with Gasteiger partial charge in [0.05, 0.1) is 5.56 Å². The molecule has 2 N–H and O–H groups in total. The third kappa shape index (κ3) is 1.87. The number of thiophene rings is 1. The summed E-state index contributed by atoms with van der Waals surface area (Å²) in [6.07, 6.45) is 0.785. The zero-order valence-corrected chi connectivity index (χ0v) is 9.16. The second-order valence-corrected chi connectivity index (χ2v) is 4.18. The van der Waals surface area contributed by atoms with Crippen molar-refractivity contribution in [2.45, 2.75) is 0 Å². The molecule has 0 unspecified atom stereocenters. The third-order valence-corrected chi connectivity index (χ3v) is 3.20. The van der Waals surface area contributed by atoms with Crippen LogP contribution in [0.3, 0.4) is 0 Å². The van der Waals surface area contributed by atoms with E-state index < -0.39 is 5.91 Å². The summed E-state index contributed by atoms with van der Waals surface area (Å²) >= 11 is 1.46. The summed E-state index contributed by atoms with van der Waals surface area (Å²) < 4.78 is 0. The Morgan fingerprint density at radius 3 is 2.44 bits per heavy atom. The summed E-state index contributed by atoms with van der Waals surface area (Å²) in [4.78, 5) is 22.5. The molecular weight excluding hydrogens is 222 g/mol. The molecule has 1 heterocycles. The van der Waals surface area contributed by atoms with Gasteiger partial charge in [-0.05, 0) is 17.0 Å². The van der Waals surface area contributed by atoms with Crippen LogP contribution < -0.4 is 5.73 Å². The molecule has 0 radical (unpaired) electrons. The fourth-order valence-electron chi connectivity index (χ4n) is 1.44. The number of primary amides is 1. The molecule has 0 bridgehead atoms. The molecule has 0 aliphatic heterocycles. The van der Waals surface area contributed by atoms with Gasteiger partial charge in [0.1, 0.15) is 6.29 Å². The molecule has 0 atom stereocenters. The molecule has 2 aromatic rings. The average Bonchev–Trinajstić information content (AvgIpc) is 2.78. The molecule has 80 valence electrons. The van der Waals surface area contributed by atoms with Crippen molar-refractivity contribution in [3.63, 3.8) is 0 Å².